The number of carbonyl (C=O) groups excluding carboxylic acids is 2. The first-order valence-corrected chi connectivity index (χ1v) is 7.59. The minimum atomic E-state index is -0.374. The Balaban J connectivity index is 1.80. The van der Waals surface area contributed by atoms with Crippen molar-refractivity contribution in [2.24, 2.45) is 0 Å². The standard InChI is InChI=1S/C16H16ClFN4O2/c1-22(9-14(23)20-12-6-4-11(18)5-7-12)10-15(24)21-13-3-2-8-19-16(13)17/h2-8H,9-10H2,1H3,(H,20,23)(H,21,24)/p+1. The largest absolute Gasteiger partial charge is 0.322 e. The molecule has 2 aromatic rings. The van der Waals surface area contributed by atoms with E-state index in [1.54, 1.807) is 19.2 Å². The highest BCUT2D eigenvalue weighted by molar-refractivity contribution is 6.32. The first-order chi connectivity index (χ1) is 11.4. The van der Waals surface area contributed by atoms with Crippen LogP contribution in [0.4, 0.5) is 15.8 Å². The van der Waals surface area contributed by atoms with E-state index in [1.807, 2.05) is 0 Å². The normalized spacial score (nSPS) is 11.6. The summed E-state index contributed by atoms with van der Waals surface area (Å²) < 4.78 is 12.8. The minimum absolute atomic E-state index is 0.0854. The number of carbonyl (C=O) groups is 2. The van der Waals surface area contributed by atoms with E-state index in [4.69, 9.17) is 11.6 Å². The van der Waals surface area contributed by atoms with Crippen molar-refractivity contribution in [3.8, 4) is 0 Å². The maximum Gasteiger partial charge on any atom is 0.279 e. The topological polar surface area (TPSA) is 75.5 Å². The van der Waals surface area contributed by atoms with Gasteiger partial charge in [-0.1, -0.05) is 11.6 Å². The summed E-state index contributed by atoms with van der Waals surface area (Å²) in [6.07, 6.45) is 1.52. The van der Waals surface area contributed by atoms with E-state index in [9.17, 15) is 14.0 Å². The van der Waals surface area contributed by atoms with E-state index >= 15 is 0 Å². The average molecular weight is 352 g/mol. The van der Waals surface area contributed by atoms with Gasteiger partial charge < -0.3 is 15.5 Å². The number of amides is 2. The van der Waals surface area contributed by atoms with Crippen molar-refractivity contribution in [2.75, 3.05) is 30.8 Å². The third kappa shape index (κ3) is 5.60. The number of quaternary nitrogens is 1. The van der Waals surface area contributed by atoms with Crippen LogP contribution in [-0.2, 0) is 9.59 Å². The molecule has 1 unspecified atom stereocenters. The molecule has 1 aromatic heterocycles. The average Bonchev–Trinajstić information content (AvgIpc) is 2.51. The molecule has 0 radical (unpaired) electrons. The van der Waals surface area contributed by atoms with Crippen LogP contribution in [0.2, 0.25) is 5.15 Å². The van der Waals surface area contributed by atoms with Gasteiger partial charge in [0.05, 0.1) is 12.7 Å². The number of nitrogens with one attached hydrogen (secondary N) is 3. The Labute approximate surface area is 143 Å². The van der Waals surface area contributed by atoms with E-state index in [0.29, 0.717) is 16.3 Å². The second-order valence-corrected chi connectivity index (χ2v) is 5.61. The van der Waals surface area contributed by atoms with Crippen molar-refractivity contribution in [3.05, 3.63) is 53.6 Å². The van der Waals surface area contributed by atoms with Gasteiger partial charge in [0.15, 0.2) is 18.2 Å². The van der Waals surface area contributed by atoms with Gasteiger partial charge in [-0.3, -0.25) is 9.59 Å². The van der Waals surface area contributed by atoms with Crippen molar-refractivity contribution in [1.82, 2.24) is 4.98 Å². The van der Waals surface area contributed by atoms with E-state index < -0.39 is 0 Å². The van der Waals surface area contributed by atoms with Crippen molar-refractivity contribution >= 4 is 34.8 Å². The Kier molecular flexibility index (Phi) is 6.22. The number of hydrogen-bond donors (Lipinski definition) is 3. The molecule has 1 aromatic carbocycles. The third-order valence-electron chi connectivity index (χ3n) is 3.09. The van der Waals surface area contributed by atoms with Crippen LogP contribution in [0.25, 0.3) is 0 Å². The highest BCUT2D eigenvalue weighted by atomic mass is 35.5. The maximum absolute atomic E-state index is 12.8. The van der Waals surface area contributed by atoms with Crippen LogP contribution in [0.5, 0.6) is 0 Å². The van der Waals surface area contributed by atoms with Crippen LogP contribution < -0.4 is 15.5 Å². The molecule has 1 heterocycles. The molecule has 0 saturated carbocycles. The molecule has 126 valence electrons. The second-order valence-electron chi connectivity index (χ2n) is 5.26. The number of rotatable bonds is 6. The van der Waals surface area contributed by atoms with Gasteiger partial charge in [-0.15, -0.1) is 0 Å². The number of halogens is 2. The number of likely N-dealkylation sites (N-methyl/N-ethyl adjacent to an activating group) is 1. The third-order valence-corrected chi connectivity index (χ3v) is 3.39. The Morgan fingerprint density at radius 1 is 1.12 bits per heavy atom. The molecule has 0 aliphatic carbocycles. The van der Waals surface area contributed by atoms with E-state index in [2.05, 4.69) is 15.6 Å². The summed E-state index contributed by atoms with van der Waals surface area (Å²) in [5.74, 6) is -0.926. The molecule has 2 rings (SSSR count). The Morgan fingerprint density at radius 2 is 1.75 bits per heavy atom. The highest BCUT2D eigenvalue weighted by Crippen LogP contribution is 2.16. The quantitative estimate of drug-likeness (QED) is 0.679. The molecular formula is C16H17ClFN4O2+. The summed E-state index contributed by atoms with van der Waals surface area (Å²) >= 11 is 5.87. The van der Waals surface area contributed by atoms with Gasteiger partial charge in [-0.25, -0.2) is 9.37 Å². The Hall–Kier alpha value is -2.51. The van der Waals surface area contributed by atoms with Crippen LogP contribution in [-0.4, -0.2) is 36.9 Å². The molecule has 0 bridgehead atoms. The molecule has 0 fully saturated rings. The lowest BCUT2D eigenvalue weighted by Gasteiger charge is -2.14. The van der Waals surface area contributed by atoms with Crippen molar-refractivity contribution in [3.63, 3.8) is 0 Å². The zero-order valence-corrected chi connectivity index (χ0v) is 13.7. The molecule has 0 saturated heterocycles. The van der Waals surface area contributed by atoms with Crippen LogP contribution in [0.1, 0.15) is 0 Å². The molecule has 6 nitrogen and oxygen atoms in total. The van der Waals surface area contributed by atoms with Crippen LogP contribution in [0, 0.1) is 5.82 Å². The van der Waals surface area contributed by atoms with Crippen molar-refractivity contribution in [1.29, 1.82) is 0 Å². The fourth-order valence-corrected chi connectivity index (χ4v) is 2.19. The number of anilines is 2. The molecule has 3 N–H and O–H groups in total. The number of nitrogens with zero attached hydrogens (tertiary/aromatic N) is 1. The highest BCUT2D eigenvalue weighted by Gasteiger charge is 2.15. The fourth-order valence-electron chi connectivity index (χ4n) is 2.02. The Morgan fingerprint density at radius 3 is 2.38 bits per heavy atom. The summed E-state index contributed by atoms with van der Waals surface area (Å²) in [4.78, 5) is 28.4. The number of hydrogen-bond acceptors (Lipinski definition) is 3. The van der Waals surface area contributed by atoms with E-state index in [1.165, 1.54) is 30.5 Å². The summed E-state index contributed by atoms with van der Waals surface area (Å²) in [7, 11) is 1.72. The van der Waals surface area contributed by atoms with Crippen LogP contribution in [0.15, 0.2) is 42.6 Å². The molecule has 0 aliphatic rings. The SMILES string of the molecule is C[NH+](CC(=O)Nc1ccc(F)cc1)CC(=O)Nc1cccnc1Cl. The van der Waals surface area contributed by atoms with Crippen LogP contribution >= 0.6 is 11.6 Å². The molecule has 24 heavy (non-hydrogen) atoms. The lowest BCUT2D eigenvalue weighted by molar-refractivity contribution is -0.862. The lowest BCUT2D eigenvalue weighted by atomic mass is 10.3. The first kappa shape index (κ1) is 17.8. The zero-order valence-electron chi connectivity index (χ0n) is 13.0. The predicted octanol–water partition coefficient (Wildman–Crippen LogP) is 0.966. The molecule has 0 spiro atoms. The first-order valence-electron chi connectivity index (χ1n) is 7.21. The maximum atomic E-state index is 12.8. The van der Waals surface area contributed by atoms with Gasteiger partial charge in [0.1, 0.15) is 5.82 Å². The van der Waals surface area contributed by atoms with Gasteiger partial charge in [-0.2, -0.15) is 0 Å². The summed E-state index contributed by atoms with van der Waals surface area (Å²) in [6.45, 7) is 0.174. The van der Waals surface area contributed by atoms with Gasteiger partial charge in [0, 0.05) is 11.9 Å². The van der Waals surface area contributed by atoms with Crippen LogP contribution in [0.3, 0.4) is 0 Å². The van der Waals surface area contributed by atoms with E-state index in [-0.39, 0.29) is 35.9 Å². The summed E-state index contributed by atoms with van der Waals surface area (Å²) in [5.41, 5.74) is 0.925. The second kappa shape index (κ2) is 8.37. The van der Waals surface area contributed by atoms with Gasteiger partial charge in [0.25, 0.3) is 11.8 Å². The van der Waals surface area contributed by atoms with Crippen molar-refractivity contribution < 1.29 is 18.9 Å². The zero-order chi connectivity index (χ0) is 17.5. The van der Waals surface area contributed by atoms with Crippen molar-refractivity contribution in [2.45, 2.75) is 0 Å². The van der Waals surface area contributed by atoms with E-state index in [0.717, 1.165) is 0 Å². The monoisotopic (exact) mass is 351 g/mol. The number of aromatic nitrogens is 1. The molecule has 0 aliphatic heterocycles. The lowest BCUT2D eigenvalue weighted by Crippen LogP contribution is -3.11. The Bertz CT molecular complexity index is 724. The smallest absolute Gasteiger partial charge is 0.279 e. The summed E-state index contributed by atoms with van der Waals surface area (Å²) in [5, 5.41) is 5.49. The minimum Gasteiger partial charge on any atom is -0.322 e. The molecule has 8 heteroatoms. The fraction of sp³-hybridized carbons (Fsp3) is 0.188. The summed E-state index contributed by atoms with van der Waals surface area (Å²) in [6, 6.07) is 8.77. The molecule has 1 atom stereocenters. The molecule has 2 amide bonds. The molecular weight excluding hydrogens is 335 g/mol. The predicted molar refractivity (Wildman–Crippen MR) is 89.5 cm³/mol. The number of pyridine rings is 1. The van der Waals surface area contributed by atoms with Gasteiger partial charge in [0.2, 0.25) is 0 Å². The number of benzene rings is 1. The van der Waals surface area contributed by atoms with Gasteiger partial charge >= 0.3 is 0 Å². The van der Waals surface area contributed by atoms with Gasteiger partial charge in [-0.05, 0) is 36.4 Å².